The van der Waals surface area contributed by atoms with Crippen molar-refractivity contribution in [2.45, 2.75) is 89.5 Å². The number of nitrogens with one attached hydrogen (secondary N) is 2. The predicted molar refractivity (Wildman–Crippen MR) is 196 cm³/mol. The number of piperidine rings is 2. The summed E-state index contributed by atoms with van der Waals surface area (Å²) in [5.41, 5.74) is 4.95. The van der Waals surface area contributed by atoms with E-state index >= 15 is 0 Å². The number of aryl methyl sites for hydroxylation is 1. The molecule has 3 fully saturated rings. The number of halogens is 2. The van der Waals surface area contributed by atoms with Gasteiger partial charge in [-0.3, -0.25) is 24.0 Å². The van der Waals surface area contributed by atoms with E-state index in [0.29, 0.717) is 47.5 Å². The zero-order valence-electron chi connectivity index (χ0n) is 29.8. The molecule has 2 N–H and O–H groups in total. The molecule has 1 unspecified atom stereocenters. The van der Waals surface area contributed by atoms with Crippen molar-refractivity contribution in [1.29, 1.82) is 0 Å². The van der Waals surface area contributed by atoms with Gasteiger partial charge in [-0.25, -0.2) is 18.7 Å². The highest BCUT2D eigenvalue weighted by molar-refractivity contribution is 6.00. The van der Waals surface area contributed by atoms with Crippen LogP contribution in [0.1, 0.15) is 99.3 Å². The minimum absolute atomic E-state index is 0.152. The summed E-state index contributed by atoms with van der Waals surface area (Å²) < 4.78 is 31.9. The number of carbonyl (C=O) groups is 2. The standard InChI is InChI=1S/C22H22F2N6.C18H24N2O2/c1-14-9-17(19(24)10-18(14)23)20-12-26-21(22-25-7-8-29(20)22)28-15-11-27-30(13-15)16-5-3-2-4-6-16;1-2-20-11-9-14(10-12-20)13-3-5-15(6-4-13)16-7-8-17(21)19-18(16)22/h7-13,16H,2-6H2,1H3,(H,26,28);3-6,14,16H,2,7-12H2,1H3,(H,19,21,22). The molecule has 1 saturated carbocycles. The fourth-order valence-electron chi connectivity index (χ4n) is 7.74. The zero-order valence-corrected chi connectivity index (χ0v) is 29.8. The third-order valence-electron chi connectivity index (χ3n) is 10.8. The van der Waals surface area contributed by atoms with Gasteiger partial charge in [0.05, 0.1) is 35.7 Å². The van der Waals surface area contributed by atoms with Gasteiger partial charge in [-0.1, -0.05) is 50.5 Å². The molecule has 3 aliphatic rings. The summed E-state index contributed by atoms with van der Waals surface area (Å²) >= 11 is 0. The number of aromatic nitrogens is 5. The van der Waals surface area contributed by atoms with Crippen LogP contribution in [0.4, 0.5) is 20.3 Å². The number of carbonyl (C=O) groups excluding carboxylic acids is 2. The maximum absolute atomic E-state index is 14.4. The zero-order chi connectivity index (χ0) is 36.2. The lowest BCUT2D eigenvalue weighted by atomic mass is 9.86. The summed E-state index contributed by atoms with van der Waals surface area (Å²) in [4.78, 5) is 34.5. The lowest BCUT2D eigenvalue weighted by Gasteiger charge is -2.31. The summed E-state index contributed by atoms with van der Waals surface area (Å²) in [5.74, 6) is -0.497. The van der Waals surface area contributed by atoms with E-state index in [2.05, 4.69) is 61.8 Å². The van der Waals surface area contributed by atoms with Gasteiger partial charge in [0, 0.05) is 36.6 Å². The normalized spacial score (nSPS) is 19.0. The second-order valence-electron chi connectivity index (χ2n) is 14.2. The Balaban J connectivity index is 0.000000170. The Morgan fingerprint density at radius 2 is 1.65 bits per heavy atom. The molecule has 2 amide bonds. The van der Waals surface area contributed by atoms with E-state index in [1.807, 2.05) is 10.9 Å². The maximum Gasteiger partial charge on any atom is 0.234 e. The van der Waals surface area contributed by atoms with E-state index in [0.717, 1.165) is 36.7 Å². The number of imide groups is 1. The Morgan fingerprint density at radius 1 is 0.904 bits per heavy atom. The Hall–Kier alpha value is -4.97. The minimum atomic E-state index is -0.635. The van der Waals surface area contributed by atoms with Crippen molar-refractivity contribution in [3.05, 3.63) is 95.7 Å². The van der Waals surface area contributed by atoms with Gasteiger partial charge in [0.1, 0.15) is 11.6 Å². The predicted octanol–water partition coefficient (Wildman–Crippen LogP) is 7.83. The van der Waals surface area contributed by atoms with Crippen LogP contribution in [0.3, 0.4) is 0 Å². The van der Waals surface area contributed by atoms with Crippen molar-refractivity contribution in [1.82, 2.24) is 34.4 Å². The molecule has 0 spiro atoms. The van der Waals surface area contributed by atoms with Gasteiger partial charge in [0.25, 0.3) is 0 Å². The van der Waals surface area contributed by atoms with Crippen LogP contribution >= 0.6 is 0 Å². The SMILES string of the molecule is CCN1CCC(c2ccc(C3CCC(=O)NC3=O)cc2)CC1.Cc1cc(-c2cnc(Nc3cnn(C4CCCCC4)c3)c3nccn23)c(F)cc1F. The molecule has 3 aromatic heterocycles. The first-order valence-corrected chi connectivity index (χ1v) is 18.5. The third kappa shape index (κ3) is 7.77. The van der Waals surface area contributed by atoms with Crippen LogP contribution in [0.25, 0.3) is 16.9 Å². The van der Waals surface area contributed by atoms with Gasteiger partial charge >= 0.3 is 0 Å². The Kier molecular flexibility index (Phi) is 10.7. The average Bonchev–Trinajstić information content (AvgIpc) is 3.85. The number of hydrogen-bond donors (Lipinski definition) is 2. The lowest BCUT2D eigenvalue weighted by Crippen LogP contribution is -2.39. The highest BCUT2D eigenvalue weighted by atomic mass is 19.1. The van der Waals surface area contributed by atoms with Gasteiger partial charge in [-0.05, 0) is 87.3 Å². The number of fused-ring (bicyclic) bond motifs is 1. The highest BCUT2D eigenvalue weighted by Gasteiger charge is 2.28. The Morgan fingerprint density at radius 3 is 2.38 bits per heavy atom. The largest absolute Gasteiger partial charge is 0.335 e. The van der Waals surface area contributed by atoms with Gasteiger partial charge < -0.3 is 10.2 Å². The molecule has 272 valence electrons. The van der Waals surface area contributed by atoms with Crippen LogP contribution in [-0.4, -0.2) is 60.5 Å². The number of benzene rings is 2. The van der Waals surface area contributed by atoms with Crippen LogP contribution in [-0.2, 0) is 9.59 Å². The Labute approximate surface area is 302 Å². The monoisotopic (exact) mass is 708 g/mol. The van der Waals surface area contributed by atoms with Crippen molar-refractivity contribution >= 4 is 29.0 Å². The topological polar surface area (TPSA) is 109 Å². The number of imidazole rings is 1. The number of nitrogens with zero attached hydrogens (tertiary/aromatic N) is 6. The molecule has 52 heavy (non-hydrogen) atoms. The van der Waals surface area contributed by atoms with Crippen LogP contribution in [0.5, 0.6) is 0 Å². The Bertz CT molecular complexity index is 2030. The molecule has 2 aliphatic heterocycles. The molecular weight excluding hydrogens is 662 g/mol. The van der Waals surface area contributed by atoms with Crippen molar-refractivity contribution in [2.75, 3.05) is 25.0 Å². The molecule has 12 heteroatoms. The first-order chi connectivity index (χ1) is 25.3. The molecule has 2 saturated heterocycles. The molecule has 1 aliphatic carbocycles. The first kappa shape index (κ1) is 35.4. The molecule has 0 radical (unpaired) electrons. The average molecular weight is 709 g/mol. The summed E-state index contributed by atoms with van der Waals surface area (Å²) in [6.07, 6.45) is 18.3. The second-order valence-corrected chi connectivity index (χ2v) is 14.2. The van der Waals surface area contributed by atoms with Crippen LogP contribution in [0, 0.1) is 18.6 Å². The van der Waals surface area contributed by atoms with Gasteiger partial charge in [-0.2, -0.15) is 5.10 Å². The molecule has 1 atom stereocenters. The first-order valence-electron chi connectivity index (χ1n) is 18.5. The van der Waals surface area contributed by atoms with E-state index in [9.17, 15) is 18.4 Å². The highest BCUT2D eigenvalue weighted by Crippen LogP contribution is 2.32. The maximum atomic E-state index is 14.4. The van der Waals surface area contributed by atoms with Crippen molar-refractivity contribution in [3.63, 3.8) is 0 Å². The van der Waals surface area contributed by atoms with E-state index in [4.69, 9.17) is 0 Å². The van der Waals surface area contributed by atoms with E-state index in [-0.39, 0.29) is 23.3 Å². The third-order valence-corrected chi connectivity index (χ3v) is 10.8. The minimum Gasteiger partial charge on any atom is -0.335 e. The van der Waals surface area contributed by atoms with E-state index in [1.54, 1.807) is 36.1 Å². The smallest absolute Gasteiger partial charge is 0.234 e. The van der Waals surface area contributed by atoms with Crippen LogP contribution in [0.15, 0.2) is 67.4 Å². The molecule has 8 rings (SSSR count). The summed E-state index contributed by atoms with van der Waals surface area (Å²) in [6.45, 7) is 7.32. The van der Waals surface area contributed by atoms with Crippen LogP contribution in [0.2, 0.25) is 0 Å². The van der Waals surface area contributed by atoms with Gasteiger partial charge in [0.15, 0.2) is 11.5 Å². The van der Waals surface area contributed by atoms with E-state index in [1.165, 1.54) is 56.8 Å². The number of rotatable bonds is 7. The molecule has 5 heterocycles. The summed E-state index contributed by atoms with van der Waals surface area (Å²) in [6, 6.07) is 11.3. The number of amides is 2. The van der Waals surface area contributed by atoms with Gasteiger partial charge in [0.2, 0.25) is 11.8 Å². The molecule has 0 bridgehead atoms. The fourth-order valence-corrected chi connectivity index (χ4v) is 7.74. The number of likely N-dealkylation sites (tertiary alicyclic amines) is 1. The van der Waals surface area contributed by atoms with Crippen molar-refractivity contribution < 1.29 is 18.4 Å². The second kappa shape index (κ2) is 15.7. The van der Waals surface area contributed by atoms with Crippen LogP contribution < -0.4 is 10.6 Å². The number of anilines is 2. The lowest BCUT2D eigenvalue weighted by molar-refractivity contribution is -0.134. The quantitative estimate of drug-likeness (QED) is 0.166. The van der Waals surface area contributed by atoms with Gasteiger partial charge in [-0.15, -0.1) is 0 Å². The summed E-state index contributed by atoms with van der Waals surface area (Å²) in [5, 5.41) is 10.2. The fraction of sp³-hybridized carbons (Fsp3) is 0.425. The number of hydrogen-bond acceptors (Lipinski definition) is 7. The van der Waals surface area contributed by atoms with Crippen molar-refractivity contribution in [3.8, 4) is 11.3 Å². The molecule has 10 nitrogen and oxygen atoms in total. The molecular formula is C40H46F2N8O2. The molecule has 2 aromatic carbocycles. The van der Waals surface area contributed by atoms with Crippen molar-refractivity contribution in [2.24, 2.45) is 0 Å². The van der Waals surface area contributed by atoms with E-state index < -0.39 is 11.6 Å². The summed E-state index contributed by atoms with van der Waals surface area (Å²) in [7, 11) is 0. The molecule has 5 aromatic rings.